The Kier molecular flexibility index (Phi) is 4.92. The SMILES string of the molecule is COc1cc2c(cc1OC)CN(C(=O)CCc1ccc3c(c1)CCO3)CC2. The molecule has 4 rings (SSSR count). The van der Waals surface area contributed by atoms with Gasteiger partial charge in [-0.3, -0.25) is 4.79 Å². The van der Waals surface area contributed by atoms with Gasteiger partial charge >= 0.3 is 0 Å². The van der Waals surface area contributed by atoms with Gasteiger partial charge in [0.2, 0.25) is 5.91 Å². The molecule has 0 atom stereocenters. The minimum Gasteiger partial charge on any atom is -0.493 e. The number of hydrogen-bond acceptors (Lipinski definition) is 4. The molecule has 0 fully saturated rings. The number of aryl methyl sites for hydroxylation is 1. The van der Waals surface area contributed by atoms with Crippen LogP contribution in [0.3, 0.4) is 0 Å². The summed E-state index contributed by atoms with van der Waals surface area (Å²) in [6, 6.07) is 10.3. The molecule has 2 aliphatic rings. The molecular formula is C22H25NO4. The highest BCUT2D eigenvalue weighted by Gasteiger charge is 2.23. The van der Waals surface area contributed by atoms with Crippen molar-refractivity contribution in [2.24, 2.45) is 0 Å². The van der Waals surface area contributed by atoms with E-state index in [-0.39, 0.29) is 5.91 Å². The van der Waals surface area contributed by atoms with E-state index in [1.54, 1.807) is 14.2 Å². The highest BCUT2D eigenvalue weighted by atomic mass is 16.5. The van der Waals surface area contributed by atoms with Gasteiger partial charge in [-0.15, -0.1) is 0 Å². The molecule has 0 saturated heterocycles. The van der Waals surface area contributed by atoms with Crippen LogP contribution in [0.25, 0.3) is 0 Å². The predicted octanol–water partition coefficient (Wildman–Crippen LogP) is 3.16. The van der Waals surface area contributed by atoms with Crippen molar-refractivity contribution in [1.29, 1.82) is 0 Å². The van der Waals surface area contributed by atoms with E-state index in [0.29, 0.717) is 18.7 Å². The van der Waals surface area contributed by atoms with E-state index < -0.39 is 0 Å². The summed E-state index contributed by atoms with van der Waals surface area (Å²) in [6.07, 6.45) is 3.10. The number of ether oxygens (including phenoxy) is 3. The zero-order valence-electron chi connectivity index (χ0n) is 15.9. The van der Waals surface area contributed by atoms with Gasteiger partial charge in [0, 0.05) is 25.9 Å². The fourth-order valence-corrected chi connectivity index (χ4v) is 3.90. The fourth-order valence-electron chi connectivity index (χ4n) is 3.90. The molecule has 5 nitrogen and oxygen atoms in total. The molecule has 27 heavy (non-hydrogen) atoms. The number of methoxy groups -OCH3 is 2. The van der Waals surface area contributed by atoms with Gasteiger partial charge in [-0.05, 0) is 53.3 Å². The Morgan fingerprint density at radius 2 is 1.81 bits per heavy atom. The number of hydrogen-bond donors (Lipinski definition) is 0. The lowest BCUT2D eigenvalue weighted by Crippen LogP contribution is -2.36. The Bertz CT molecular complexity index is 862. The average molecular weight is 367 g/mol. The normalized spacial score (nSPS) is 15.0. The third kappa shape index (κ3) is 3.59. The Balaban J connectivity index is 1.40. The number of nitrogens with zero attached hydrogens (tertiary/aromatic N) is 1. The number of carbonyl (C=O) groups excluding carboxylic acids is 1. The first-order valence-corrected chi connectivity index (χ1v) is 9.44. The minimum absolute atomic E-state index is 0.201. The minimum atomic E-state index is 0.201. The van der Waals surface area contributed by atoms with E-state index in [1.807, 2.05) is 23.1 Å². The summed E-state index contributed by atoms with van der Waals surface area (Å²) in [6.45, 7) is 2.14. The molecule has 2 aliphatic heterocycles. The third-order valence-corrected chi connectivity index (χ3v) is 5.45. The molecule has 0 aliphatic carbocycles. The van der Waals surface area contributed by atoms with Gasteiger partial charge in [0.15, 0.2) is 11.5 Å². The van der Waals surface area contributed by atoms with Crippen LogP contribution in [0.1, 0.15) is 28.7 Å². The largest absolute Gasteiger partial charge is 0.493 e. The Morgan fingerprint density at radius 1 is 1.04 bits per heavy atom. The summed E-state index contributed by atoms with van der Waals surface area (Å²) in [5.41, 5.74) is 4.83. The molecule has 2 aromatic carbocycles. The quantitative estimate of drug-likeness (QED) is 0.815. The van der Waals surface area contributed by atoms with E-state index in [1.165, 1.54) is 16.7 Å². The second-order valence-electron chi connectivity index (χ2n) is 7.08. The van der Waals surface area contributed by atoms with Crippen LogP contribution < -0.4 is 14.2 Å². The van der Waals surface area contributed by atoms with Crippen molar-refractivity contribution in [2.45, 2.75) is 32.2 Å². The monoisotopic (exact) mass is 367 g/mol. The summed E-state index contributed by atoms with van der Waals surface area (Å²) in [5, 5.41) is 0. The molecule has 0 N–H and O–H groups in total. The Hall–Kier alpha value is -2.69. The van der Waals surface area contributed by atoms with Crippen LogP contribution in [0, 0.1) is 0 Å². The Labute approximate surface area is 159 Å². The van der Waals surface area contributed by atoms with Crippen molar-refractivity contribution >= 4 is 5.91 Å². The first kappa shape index (κ1) is 17.7. The first-order valence-electron chi connectivity index (χ1n) is 9.44. The third-order valence-electron chi connectivity index (χ3n) is 5.45. The second-order valence-corrected chi connectivity index (χ2v) is 7.08. The van der Waals surface area contributed by atoms with E-state index in [9.17, 15) is 4.79 Å². The molecule has 0 saturated carbocycles. The van der Waals surface area contributed by atoms with Crippen molar-refractivity contribution < 1.29 is 19.0 Å². The summed E-state index contributed by atoms with van der Waals surface area (Å²) >= 11 is 0. The molecule has 0 spiro atoms. The van der Waals surface area contributed by atoms with Crippen LogP contribution in [-0.2, 0) is 30.6 Å². The van der Waals surface area contributed by atoms with Crippen LogP contribution in [0.2, 0.25) is 0 Å². The maximum Gasteiger partial charge on any atom is 0.223 e. The lowest BCUT2D eigenvalue weighted by Gasteiger charge is -2.29. The van der Waals surface area contributed by atoms with Crippen molar-refractivity contribution in [3.63, 3.8) is 0 Å². The number of amides is 1. The first-order chi connectivity index (χ1) is 13.2. The van der Waals surface area contributed by atoms with Gasteiger partial charge in [0.25, 0.3) is 0 Å². The maximum absolute atomic E-state index is 12.7. The molecular weight excluding hydrogens is 342 g/mol. The number of fused-ring (bicyclic) bond motifs is 2. The van der Waals surface area contributed by atoms with Crippen molar-refractivity contribution in [1.82, 2.24) is 4.90 Å². The van der Waals surface area contributed by atoms with Gasteiger partial charge < -0.3 is 19.1 Å². The van der Waals surface area contributed by atoms with Crippen molar-refractivity contribution in [3.05, 3.63) is 52.6 Å². The lowest BCUT2D eigenvalue weighted by molar-refractivity contribution is -0.132. The Morgan fingerprint density at radius 3 is 2.59 bits per heavy atom. The average Bonchev–Trinajstić information content (AvgIpc) is 3.18. The lowest BCUT2D eigenvalue weighted by atomic mass is 9.98. The number of carbonyl (C=O) groups is 1. The van der Waals surface area contributed by atoms with E-state index in [2.05, 4.69) is 12.1 Å². The molecule has 0 aromatic heterocycles. The summed E-state index contributed by atoms with van der Waals surface area (Å²) in [7, 11) is 3.28. The van der Waals surface area contributed by atoms with E-state index in [4.69, 9.17) is 14.2 Å². The zero-order valence-corrected chi connectivity index (χ0v) is 15.9. The number of benzene rings is 2. The van der Waals surface area contributed by atoms with Gasteiger partial charge in [0.05, 0.1) is 20.8 Å². The second kappa shape index (κ2) is 7.51. The van der Waals surface area contributed by atoms with Crippen LogP contribution in [0.15, 0.2) is 30.3 Å². The van der Waals surface area contributed by atoms with Crippen LogP contribution in [0.5, 0.6) is 17.2 Å². The molecule has 5 heteroatoms. The summed E-state index contributed by atoms with van der Waals surface area (Å²) in [5.74, 6) is 2.65. The van der Waals surface area contributed by atoms with Gasteiger partial charge in [-0.2, -0.15) is 0 Å². The van der Waals surface area contributed by atoms with Crippen molar-refractivity contribution in [3.8, 4) is 17.2 Å². The highest BCUT2D eigenvalue weighted by Crippen LogP contribution is 2.33. The van der Waals surface area contributed by atoms with Crippen LogP contribution >= 0.6 is 0 Å². The highest BCUT2D eigenvalue weighted by molar-refractivity contribution is 5.77. The van der Waals surface area contributed by atoms with Crippen LogP contribution in [-0.4, -0.2) is 38.2 Å². The smallest absolute Gasteiger partial charge is 0.223 e. The molecule has 2 aromatic rings. The predicted molar refractivity (Wildman–Crippen MR) is 103 cm³/mol. The molecule has 2 heterocycles. The topological polar surface area (TPSA) is 48.0 Å². The molecule has 0 unspecified atom stereocenters. The van der Waals surface area contributed by atoms with Gasteiger partial charge in [0.1, 0.15) is 5.75 Å². The maximum atomic E-state index is 12.7. The standard InChI is InChI=1S/C22H25NO4/c1-25-20-12-16-7-9-23(14-18(16)13-21(20)26-2)22(24)6-4-15-3-5-19-17(11-15)8-10-27-19/h3,5,11-13H,4,6-10,14H2,1-2H3. The fraction of sp³-hybridized carbons (Fsp3) is 0.409. The zero-order chi connectivity index (χ0) is 18.8. The molecule has 0 radical (unpaired) electrons. The van der Waals surface area contributed by atoms with Gasteiger partial charge in [-0.25, -0.2) is 0 Å². The summed E-state index contributed by atoms with van der Waals surface area (Å²) < 4.78 is 16.3. The van der Waals surface area contributed by atoms with Crippen LogP contribution in [0.4, 0.5) is 0 Å². The molecule has 0 bridgehead atoms. The molecule has 1 amide bonds. The van der Waals surface area contributed by atoms with Crippen molar-refractivity contribution in [2.75, 3.05) is 27.4 Å². The number of rotatable bonds is 5. The van der Waals surface area contributed by atoms with E-state index in [0.717, 1.165) is 49.5 Å². The molecule has 142 valence electrons. The summed E-state index contributed by atoms with van der Waals surface area (Å²) in [4.78, 5) is 14.7. The van der Waals surface area contributed by atoms with E-state index >= 15 is 0 Å². The van der Waals surface area contributed by atoms with Gasteiger partial charge in [-0.1, -0.05) is 12.1 Å².